The van der Waals surface area contributed by atoms with E-state index in [2.05, 4.69) is 10.6 Å². The Labute approximate surface area is 146 Å². The normalized spacial score (nSPS) is 10.2. The summed E-state index contributed by atoms with van der Waals surface area (Å²) in [7, 11) is 0. The van der Waals surface area contributed by atoms with Crippen LogP contribution in [0.2, 0.25) is 5.02 Å². The molecule has 126 valence electrons. The highest BCUT2D eigenvalue weighted by Gasteiger charge is 2.08. The van der Waals surface area contributed by atoms with Gasteiger partial charge >= 0.3 is 0 Å². The van der Waals surface area contributed by atoms with E-state index in [-0.39, 0.29) is 18.4 Å². The van der Waals surface area contributed by atoms with E-state index in [0.29, 0.717) is 22.1 Å². The first-order valence-electron chi connectivity index (χ1n) is 7.42. The van der Waals surface area contributed by atoms with E-state index in [1.165, 1.54) is 6.92 Å². The maximum Gasteiger partial charge on any atom is 0.262 e. The van der Waals surface area contributed by atoms with Gasteiger partial charge in [-0.2, -0.15) is 0 Å². The molecule has 6 heteroatoms. The Morgan fingerprint density at radius 3 is 2.42 bits per heavy atom. The van der Waals surface area contributed by atoms with Gasteiger partial charge in [-0.05, 0) is 61.4 Å². The summed E-state index contributed by atoms with van der Waals surface area (Å²) in [6.45, 7) is 5.07. The topological polar surface area (TPSA) is 67.4 Å². The zero-order chi connectivity index (χ0) is 17.7. The highest BCUT2D eigenvalue weighted by Crippen LogP contribution is 2.22. The van der Waals surface area contributed by atoms with Gasteiger partial charge in [0.25, 0.3) is 5.91 Å². The van der Waals surface area contributed by atoms with Crippen molar-refractivity contribution in [3.8, 4) is 5.75 Å². The number of anilines is 2. The third-order valence-corrected chi connectivity index (χ3v) is 3.55. The lowest BCUT2D eigenvalue weighted by Gasteiger charge is -2.12. The Balaban J connectivity index is 1.94. The van der Waals surface area contributed by atoms with Gasteiger partial charge in [-0.3, -0.25) is 9.59 Å². The standard InChI is InChI=1S/C18H19ClN2O3/c1-11-9-15(5-6-16(11)20-13(3)22)21-18(23)10-24-17-7-4-14(19)8-12(17)2/h4-9H,10H2,1-3H3,(H,20,22)(H,21,23). The number of benzene rings is 2. The Morgan fingerprint density at radius 1 is 1.04 bits per heavy atom. The molecular weight excluding hydrogens is 328 g/mol. The molecule has 0 spiro atoms. The van der Waals surface area contributed by atoms with Gasteiger partial charge in [0, 0.05) is 23.3 Å². The number of rotatable bonds is 5. The number of hydrogen-bond donors (Lipinski definition) is 2. The van der Waals surface area contributed by atoms with E-state index in [1.54, 1.807) is 36.4 Å². The van der Waals surface area contributed by atoms with Gasteiger partial charge < -0.3 is 15.4 Å². The molecular formula is C18H19ClN2O3. The van der Waals surface area contributed by atoms with Gasteiger partial charge in [0.2, 0.25) is 5.91 Å². The fourth-order valence-corrected chi connectivity index (χ4v) is 2.41. The molecule has 0 radical (unpaired) electrons. The molecule has 0 bridgehead atoms. The molecule has 2 N–H and O–H groups in total. The second kappa shape index (κ2) is 7.84. The van der Waals surface area contributed by atoms with Crippen molar-refractivity contribution < 1.29 is 14.3 Å². The number of halogens is 1. The van der Waals surface area contributed by atoms with Crippen molar-refractivity contribution in [1.82, 2.24) is 0 Å². The van der Waals surface area contributed by atoms with Crippen LogP contribution < -0.4 is 15.4 Å². The molecule has 0 aliphatic heterocycles. The van der Waals surface area contributed by atoms with Crippen LogP contribution in [0.1, 0.15) is 18.1 Å². The van der Waals surface area contributed by atoms with Crippen molar-refractivity contribution in [3.63, 3.8) is 0 Å². The molecule has 0 fully saturated rings. The van der Waals surface area contributed by atoms with Crippen LogP contribution in [-0.2, 0) is 9.59 Å². The summed E-state index contributed by atoms with van der Waals surface area (Å²) >= 11 is 5.88. The molecule has 24 heavy (non-hydrogen) atoms. The fraction of sp³-hybridized carbons (Fsp3) is 0.222. The average molecular weight is 347 g/mol. The third-order valence-electron chi connectivity index (χ3n) is 3.32. The van der Waals surface area contributed by atoms with Crippen LogP contribution in [0, 0.1) is 13.8 Å². The van der Waals surface area contributed by atoms with E-state index in [9.17, 15) is 9.59 Å². The lowest BCUT2D eigenvalue weighted by molar-refractivity contribution is -0.118. The van der Waals surface area contributed by atoms with Gasteiger partial charge in [0.15, 0.2) is 6.61 Å². The van der Waals surface area contributed by atoms with Crippen molar-refractivity contribution in [2.45, 2.75) is 20.8 Å². The molecule has 0 aliphatic rings. The maximum absolute atomic E-state index is 12.0. The van der Waals surface area contributed by atoms with E-state index in [0.717, 1.165) is 11.1 Å². The Hall–Kier alpha value is -2.53. The van der Waals surface area contributed by atoms with Crippen molar-refractivity contribution in [2.24, 2.45) is 0 Å². The second-order valence-corrected chi connectivity index (χ2v) is 5.89. The van der Waals surface area contributed by atoms with Crippen LogP contribution in [0.25, 0.3) is 0 Å². The van der Waals surface area contributed by atoms with Crippen LogP contribution in [-0.4, -0.2) is 18.4 Å². The number of ether oxygens (including phenoxy) is 1. The van der Waals surface area contributed by atoms with E-state index >= 15 is 0 Å². The van der Waals surface area contributed by atoms with Gasteiger partial charge in [0.05, 0.1) is 0 Å². The number of hydrogen-bond acceptors (Lipinski definition) is 3. The smallest absolute Gasteiger partial charge is 0.262 e. The molecule has 0 unspecified atom stereocenters. The Morgan fingerprint density at radius 2 is 1.79 bits per heavy atom. The van der Waals surface area contributed by atoms with E-state index < -0.39 is 0 Å². The largest absolute Gasteiger partial charge is 0.483 e. The fourth-order valence-electron chi connectivity index (χ4n) is 2.19. The molecule has 2 amide bonds. The van der Waals surface area contributed by atoms with Crippen molar-refractivity contribution >= 4 is 34.8 Å². The van der Waals surface area contributed by atoms with Crippen molar-refractivity contribution in [1.29, 1.82) is 0 Å². The van der Waals surface area contributed by atoms with Crippen LogP contribution in [0.15, 0.2) is 36.4 Å². The average Bonchev–Trinajstić information content (AvgIpc) is 2.49. The van der Waals surface area contributed by atoms with Crippen LogP contribution in [0.3, 0.4) is 0 Å². The summed E-state index contributed by atoms with van der Waals surface area (Å²) in [5.74, 6) is 0.212. The minimum absolute atomic E-state index is 0.102. The first-order chi connectivity index (χ1) is 11.3. The quantitative estimate of drug-likeness (QED) is 0.861. The summed E-state index contributed by atoms with van der Waals surface area (Å²) < 4.78 is 5.50. The SMILES string of the molecule is CC(=O)Nc1ccc(NC(=O)COc2ccc(Cl)cc2C)cc1C. The van der Waals surface area contributed by atoms with Gasteiger partial charge in [-0.25, -0.2) is 0 Å². The predicted octanol–water partition coefficient (Wildman–Crippen LogP) is 3.93. The summed E-state index contributed by atoms with van der Waals surface area (Å²) in [4.78, 5) is 23.1. The first-order valence-corrected chi connectivity index (χ1v) is 7.80. The molecule has 2 aromatic carbocycles. The third kappa shape index (κ3) is 4.99. The second-order valence-electron chi connectivity index (χ2n) is 5.46. The van der Waals surface area contributed by atoms with E-state index in [1.807, 2.05) is 13.8 Å². The molecule has 0 saturated carbocycles. The van der Waals surface area contributed by atoms with E-state index in [4.69, 9.17) is 16.3 Å². The molecule has 0 heterocycles. The number of nitrogens with one attached hydrogen (secondary N) is 2. The van der Waals surface area contributed by atoms with Crippen LogP contribution in [0.5, 0.6) is 5.75 Å². The van der Waals surface area contributed by atoms with Gasteiger partial charge in [-0.15, -0.1) is 0 Å². The van der Waals surface area contributed by atoms with Gasteiger partial charge in [-0.1, -0.05) is 11.6 Å². The summed E-state index contributed by atoms with van der Waals surface area (Å²) in [5, 5.41) is 6.11. The summed E-state index contributed by atoms with van der Waals surface area (Å²) in [6, 6.07) is 10.5. The number of amides is 2. The van der Waals surface area contributed by atoms with Crippen molar-refractivity contribution in [2.75, 3.05) is 17.2 Å². The highest BCUT2D eigenvalue weighted by atomic mass is 35.5. The molecule has 2 aromatic rings. The summed E-state index contributed by atoms with van der Waals surface area (Å²) in [6.07, 6.45) is 0. The monoisotopic (exact) mass is 346 g/mol. The molecule has 2 rings (SSSR count). The number of carbonyl (C=O) groups excluding carboxylic acids is 2. The van der Waals surface area contributed by atoms with Crippen LogP contribution >= 0.6 is 11.6 Å². The van der Waals surface area contributed by atoms with Crippen LogP contribution in [0.4, 0.5) is 11.4 Å². The first kappa shape index (κ1) is 17.8. The molecule has 0 aromatic heterocycles. The number of carbonyl (C=O) groups is 2. The minimum atomic E-state index is -0.268. The molecule has 0 saturated heterocycles. The molecule has 0 atom stereocenters. The van der Waals surface area contributed by atoms with Crippen molar-refractivity contribution in [3.05, 3.63) is 52.5 Å². The minimum Gasteiger partial charge on any atom is -0.483 e. The summed E-state index contributed by atoms with van der Waals surface area (Å²) in [5.41, 5.74) is 3.08. The molecule has 5 nitrogen and oxygen atoms in total. The lowest BCUT2D eigenvalue weighted by Crippen LogP contribution is -2.20. The Kier molecular flexibility index (Phi) is 5.82. The lowest BCUT2D eigenvalue weighted by atomic mass is 10.1. The predicted molar refractivity (Wildman–Crippen MR) is 95.8 cm³/mol. The number of aryl methyl sites for hydroxylation is 2. The highest BCUT2D eigenvalue weighted by molar-refractivity contribution is 6.30. The van der Waals surface area contributed by atoms with Gasteiger partial charge in [0.1, 0.15) is 5.75 Å². The maximum atomic E-state index is 12.0. The zero-order valence-electron chi connectivity index (χ0n) is 13.8. The molecule has 0 aliphatic carbocycles. The zero-order valence-corrected chi connectivity index (χ0v) is 14.5. The Bertz CT molecular complexity index is 775.